The van der Waals surface area contributed by atoms with Gasteiger partial charge in [-0.25, -0.2) is 4.57 Å². The molecule has 1 aliphatic carbocycles. The molecule has 9 nitrogen and oxygen atoms in total. The van der Waals surface area contributed by atoms with Gasteiger partial charge in [-0.05, 0) is 0 Å². The molecule has 0 heterocycles. The van der Waals surface area contributed by atoms with Gasteiger partial charge in [-0.3, -0.25) is 4.52 Å². The molecule has 0 spiro atoms. The van der Waals surface area contributed by atoms with Gasteiger partial charge < -0.3 is 35.3 Å². The minimum atomic E-state index is -5.01. The van der Waals surface area contributed by atoms with Gasteiger partial charge in [0.05, 0.1) is 0 Å². The SMILES string of the molecule is O=P(O)(O)O[C@H]1[C@H](O)[C@@H](O)[C@H](O)[C@@H](O)[C@@H]1O. The number of aliphatic hydroxyl groups excluding tert-OH is 5. The Kier molecular flexibility index (Phi) is 4.06. The maximum atomic E-state index is 10.5. The van der Waals surface area contributed by atoms with Crippen LogP contribution in [0.5, 0.6) is 0 Å². The molecular weight excluding hydrogens is 247 g/mol. The molecule has 0 aromatic rings. The normalized spacial score (nSPS) is 45.7. The lowest BCUT2D eigenvalue weighted by atomic mass is 9.85. The van der Waals surface area contributed by atoms with E-state index in [9.17, 15) is 25.0 Å². The number of phosphoric ester groups is 1. The van der Waals surface area contributed by atoms with Gasteiger partial charge in [-0.2, -0.15) is 0 Å². The van der Waals surface area contributed by atoms with Crippen LogP contribution in [0.2, 0.25) is 0 Å². The van der Waals surface area contributed by atoms with E-state index in [4.69, 9.17) is 14.9 Å². The Labute approximate surface area is 89.8 Å². The second kappa shape index (κ2) is 4.65. The first kappa shape index (κ1) is 14.0. The number of aliphatic hydroxyl groups is 5. The number of hydrogen-bond acceptors (Lipinski definition) is 7. The summed E-state index contributed by atoms with van der Waals surface area (Å²) >= 11 is 0. The van der Waals surface area contributed by atoms with Crippen molar-refractivity contribution in [3.05, 3.63) is 0 Å². The molecule has 0 amide bonds. The van der Waals surface area contributed by atoms with Crippen LogP contribution in [0.1, 0.15) is 0 Å². The minimum Gasteiger partial charge on any atom is -0.387 e. The van der Waals surface area contributed by atoms with E-state index in [1.54, 1.807) is 0 Å². The van der Waals surface area contributed by atoms with Crippen molar-refractivity contribution in [1.82, 2.24) is 0 Å². The first-order chi connectivity index (χ1) is 7.15. The zero-order valence-electron chi connectivity index (χ0n) is 7.86. The molecule has 7 N–H and O–H groups in total. The molecule has 1 aliphatic rings. The van der Waals surface area contributed by atoms with Gasteiger partial charge in [-0.1, -0.05) is 0 Å². The van der Waals surface area contributed by atoms with E-state index in [0.29, 0.717) is 0 Å². The summed E-state index contributed by atoms with van der Waals surface area (Å²) in [6.07, 6.45) is -11.3. The Hall–Kier alpha value is -0.0900. The molecule has 0 bridgehead atoms. The maximum Gasteiger partial charge on any atom is 0.470 e. The molecule has 0 unspecified atom stereocenters. The summed E-state index contributed by atoms with van der Waals surface area (Å²) in [4.78, 5) is 17.0. The van der Waals surface area contributed by atoms with Crippen LogP contribution in [0.4, 0.5) is 0 Å². The summed E-state index contributed by atoms with van der Waals surface area (Å²) in [5.74, 6) is 0. The van der Waals surface area contributed by atoms with Gasteiger partial charge >= 0.3 is 7.82 Å². The molecule has 16 heavy (non-hydrogen) atoms. The van der Waals surface area contributed by atoms with Crippen molar-refractivity contribution in [1.29, 1.82) is 0 Å². The third kappa shape index (κ3) is 2.77. The van der Waals surface area contributed by atoms with E-state index >= 15 is 0 Å². The van der Waals surface area contributed by atoms with Crippen LogP contribution in [0.15, 0.2) is 0 Å². The largest absolute Gasteiger partial charge is 0.470 e. The summed E-state index contributed by atoms with van der Waals surface area (Å²) in [6.45, 7) is 0. The van der Waals surface area contributed by atoms with E-state index in [2.05, 4.69) is 4.52 Å². The summed E-state index contributed by atoms with van der Waals surface area (Å²) < 4.78 is 14.5. The van der Waals surface area contributed by atoms with Crippen molar-refractivity contribution < 1.29 is 44.4 Å². The predicted octanol–water partition coefficient (Wildman–Crippen LogP) is -3.72. The van der Waals surface area contributed by atoms with Crippen LogP contribution in [0.25, 0.3) is 0 Å². The van der Waals surface area contributed by atoms with Gasteiger partial charge in [0.1, 0.15) is 36.6 Å². The molecule has 0 saturated heterocycles. The number of hydrogen-bond donors (Lipinski definition) is 7. The van der Waals surface area contributed by atoms with Crippen molar-refractivity contribution in [2.45, 2.75) is 36.6 Å². The average molecular weight is 260 g/mol. The Bertz CT molecular complexity index is 274. The van der Waals surface area contributed by atoms with Gasteiger partial charge in [0.2, 0.25) is 0 Å². The second-order valence-electron chi connectivity index (χ2n) is 3.51. The zero-order valence-corrected chi connectivity index (χ0v) is 8.75. The lowest BCUT2D eigenvalue weighted by Gasteiger charge is -2.41. The molecule has 96 valence electrons. The molecule has 10 heteroatoms. The Morgan fingerprint density at radius 1 is 0.750 bits per heavy atom. The third-order valence-corrected chi connectivity index (χ3v) is 2.85. The van der Waals surface area contributed by atoms with Crippen molar-refractivity contribution in [2.75, 3.05) is 0 Å². The van der Waals surface area contributed by atoms with E-state index < -0.39 is 44.4 Å². The molecular formula is C6H13O9P. The number of phosphoric acid groups is 1. The fraction of sp³-hybridized carbons (Fsp3) is 1.00. The highest BCUT2D eigenvalue weighted by atomic mass is 31.2. The van der Waals surface area contributed by atoms with Gasteiger partial charge in [0.15, 0.2) is 0 Å². The Balaban J connectivity index is 2.87. The molecule has 1 fully saturated rings. The fourth-order valence-corrected chi connectivity index (χ4v) is 2.05. The fourth-order valence-electron chi connectivity index (χ4n) is 1.48. The van der Waals surface area contributed by atoms with Crippen LogP contribution in [0.3, 0.4) is 0 Å². The first-order valence-corrected chi connectivity index (χ1v) is 5.82. The van der Waals surface area contributed by atoms with Crippen molar-refractivity contribution in [3.8, 4) is 0 Å². The predicted molar refractivity (Wildman–Crippen MR) is 47.0 cm³/mol. The topological polar surface area (TPSA) is 168 Å². The van der Waals surface area contributed by atoms with Crippen LogP contribution in [0, 0.1) is 0 Å². The van der Waals surface area contributed by atoms with E-state index in [0.717, 1.165) is 0 Å². The third-order valence-electron chi connectivity index (χ3n) is 2.33. The monoisotopic (exact) mass is 260 g/mol. The summed E-state index contributed by atoms with van der Waals surface area (Å²) in [6, 6.07) is 0. The molecule has 0 aliphatic heterocycles. The van der Waals surface area contributed by atoms with Gasteiger partial charge in [0.25, 0.3) is 0 Å². The average Bonchev–Trinajstić information content (AvgIpc) is 2.17. The van der Waals surface area contributed by atoms with Crippen LogP contribution in [-0.4, -0.2) is 71.9 Å². The molecule has 1 rings (SSSR count). The summed E-state index contributed by atoms with van der Waals surface area (Å²) in [5, 5.41) is 46.1. The van der Waals surface area contributed by atoms with Crippen LogP contribution < -0.4 is 0 Å². The Morgan fingerprint density at radius 3 is 1.38 bits per heavy atom. The van der Waals surface area contributed by atoms with Crippen molar-refractivity contribution >= 4 is 7.82 Å². The number of rotatable bonds is 2. The first-order valence-electron chi connectivity index (χ1n) is 4.29. The Morgan fingerprint density at radius 2 is 1.06 bits per heavy atom. The second-order valence-corrected chi connectivity index (χ2v) is 4.71. The summed E-state index contributed by atoms with van der Waals surface area (Å²) in [7, 11) is -5.01. The zero-order chi connectivity index (χ0) is 12.7. The molecule has 0 radical (unpaired) electrons. The lowest BCUT2D eigenvalue weighted by Crippen LogP contribution is -2.64. The van der Waals surface area contributed by atoms with Crippen molar-refractivity contribution in [2.24, 2.45) is 0 Å². The lowest BCUT2D eigenvalue weighted by molar-refractivity contribution is -0.219. The van der Waals surface area contributed by atoms with E-state index in [-0.39, 0.29) is 0 Å². The van der Waals surface area contributed by atoms with Crippen molar-refractivity contribution in [3.63, 3.8) is 0 Å². The van der Waals surface area contributed by atoms with E-state index in [1.165, 1.54) is 0 Å². The highest BCUT2D eigenvalue weighted by Crippen LogP contribution is 2.41. The highest BCUT2D eigenvalue weighted by Gasteiger charge is 2.50. The van der Waals surface area contributed by atoms with Crippen LogP contribution in [-0.2, 0) is 9.09 Å². The quantitative estimate of drug-likeness (QED) is 0.247. The van der Waals surface area contributed by atoms with Gasteiger partial charge in [-0.15, -0.1) is 0 Å². The van der Waals surface area contributed by atoms with Gasteiger partial charge in [0, 0.05) is 0 Å². The minimum absolute atomic E-state index is 1.83. The molecule has 0 aromatic heterocycles. The molecule has 6 atom stereocenters. The smallest absolute Gasteiger partial charge is 0.387 e. The van der Waals surface area contributed by atoms with Crippen LogP contribution >= 0.6 is 7.82 Å². The standard InChI is InChI=1S/C6H13O9P/c7-1-2(8)4(10)6(5(11)3(1)9)15-16(12,13)14/h1-11H,(H2,12,13,14)/t1-,2-,3+,4+,5-,6-. The highest BCUT2D eigenvalue weighted by molar-refractivity contribution is 7.46. The molecule has 0 aromatic carbocycles. The molecule has 1 saturated carbocycles. The maximum absolute atomic E-state index is 10.5. The van der Waals surface area contributed by atoms with E-state index in [1.807, 2.05) is 0 Å². The summed E-state index contributed by atoms with van der Waals surface area (Å²) in [5.41, 5.74) is 0.